The maximum absolute atomic E-state index is 5.66. The van der Waals surface area contributed by atoms with Gasteiger partial charge in [-0.3, -0.25) is 5.10 Å². The summed E-state index contributed by atoms with van der Waals surface area (Å²) in [5.41, 5.74) is 7.72. The fraction of sp³-hybridized carbons (Fsp3) is 0.200. The molecule has 5 nitrogen and oxygen atoms in total. The fourth-order valence-corrected chi connectivity index (χ4v) is 1.31. The molecule has 5 heteroatoms. The van der Waals surface area contributed by atoms with Crippen LogP contribution in [0.2, 0.25) is 0 Å². The smallest absolute Gasteiger partial charge is 0.129 e. The van der Waals surface area contributed by atoms with E-state index in [1.807, 2.05) is 19.1 Å². The van der Waals surface area contributed by atoms with Gasteiger partial charge in [0.05, 0.1) is 6.20 Å². The summed E-state index contributed by atoms with van der Waals surface area (Å²) in [6, 6.07) is 3.92. The van der Waals surface area contributed by atoms with Crippen LogP contribution >= 0.6 is 0 Å². The van der Waals surface area contributed by atoms with Crippen LogP contribution in [0, 0.1) is 6.92 Å². The van der Waals surface area contributed by atoms with Crippen LogP contribution in [0.3, 0.4) is 0 Å². The predicted octanol–water partition coefficient (Wildman–Crippen LogP) is 1.31. The Morgan fingerprint density at radius 3 is 3.07 bits per heavy atom. The zero-order valence-corrected chi connectivity index (χ0v) is 8.49. The molecule has 2 rings (SSSR count). The SMILES string of the molecule is Cc1cccnc1NCc1cn[nH]c1N. The van der Waals surface area contributed by atoms with Crippen LogP contribution in [0.5, 0.6) is 0 Å². The zero-order valence-electron chi connectivity index (χ0n) is 8.49. The van der Waals surface area contributed by atoms with Crippen molar-refractivity contribution in [2.45, 2.75) is 13.5 Å². The third-order valence-electron chi connectivity index (χ3n) is 2.21. The number of nitrogens with one attached hydrogen (secondary N) is 2. The van der Waals surface area contributed by atoms with Gasteiger partial charge in [0.2, 0.25) is 0 Å². The van der Waals surface area contributed by atoms with Crippen LogP contribution in [0.4, 0.5) is 11.6 Å². The molecule has 0 aliphatic rings. The molecule has 0 unspecified atom stereocenters. The molecule has 0 saturated carbocycles. The van der Waals surface area contributed by atoms with Crippen LogP contribution in [0.25, 0.3) is 0 Å². The first-order valence-corrected chi connectivity index (χ1v) is 4.70. The molecule has 2 heterocycles. The molecule has 2 aromatic rings. The Hall–Kier alpha value is -2.04. The van der Waals surface area contributed by atoms with E-state index in [4.69, 9.17) is 5.73 Å². The number of aromatic nitrogens is 3. The summed E-state index contributed by atoms with van der Waals surface area (Å²) < 4.78 is 0. The van der Waals surface area contributed by atoms with Crippen LogP contribution in [-0.4, -0.2) is 15.2 Å². The van der Waals surface area contributed by atoms with E-state index in [1.165, 1.54) is 0 Å². The number of anilines is 2. The maximum atomic E-state index is 5.66. The molecule has 78 valence electrons. The Labute approximate surface area is 87.7 Å². The summed E-state index contributed by atoms with van der Waals surface area (Å²) in [6.45, 7) is 2.63. The largest absolute Gasteiger partial charge is 0.384 e. The van der Waals surface area contributed by atoms with Crippen molar-refractivity contribution in [1.82, 2.24) is 15.2 Å². The number of hydrogen-bond acceptors (Lipinski definition) is 4. The van der Waals surface area contributed by atoms with E-state index in [0.29, 0.717) is 12.4 Å². The van der Waals surface area contributed by atoms with Gasteiger partial charge in [0, 0.05) is 18.3 Å². The highest BCUT2D eigenvalue weighted by molar-refractivity contribution is 5.45. The molecular formula is C10H13N5. The Balaban J connectivity index is 2.06. The van der Waals surface area contributed by atoms with Crippen LogP contribution in [0.1, 0.15) is 11.1 Å². The van der Waals surface area contributed by atoms with Gasteiger partial charge in [-0.05, 0) is 18.6 Å². The average Bonchev–Trinajstić information content (AvgIpc) is 2.63. The lowest BCUT2D eigenvalue weighted by atomic mass is 10.2. The van der Waals surface area contributed by atoms with E-state index in [0.717, 1.165) is 16.9 Å². The second kappa shape index (κ2) is 4.00. The summed E-state index contributed by atoms with van der Waals surface area (Å²) in [7, 11) is 0. The summed E-state index contributed by atoms with van der Waals surface area (Å²) >= 11 is 0. The quantitative estimate of drug-likeness (QED) is 0.702. The van der Waals surface area contributed by atoms with Gasteiger partial charge in [-0.15, -0.1) is 0 Å². The number of aromatic amines is 1. The van der Waals surface area contributed by atoms with E-state index in [1.54, 1.807) is 12.4 Å². The Kier molecular flexibility index (Phi) is 2.53. The third-order valence-corrected chi connectivity index (χ3v) is 2.21. The van der Waals surface area contributed by atoms with Gasteiger partial charge in [0.25, 0.3) is 0 Å². The molecule has 2 aromatic heterocycles. The zero-order chi connectivity index (χ0) is 10.7. The van der Waals surface area contributed by atoms with Crippen molar-refractivity contribution in [1.29, 1.82) is 0 Å². The molecule has 0 aromatic carbocycles. The summed E-state index contributed by atoms with van der Waals surface area (Å²) in [5.74, 6) is 1.47. The molecule has 0 aliphatic heterocycles. The molecule has 0 amide bonds. The molecular weight excluding hydrogens is 190 g/mol. The van der Waals surface area contributed by atoms with Crippen LogP contribution in [0.15, 0.2) is 24.5 Å². The average molecular weight is 203 g/mol. The third kappa shape index (κ3) is 2.07. The highest BCUT2D eigenvalue weighted by Crippen LogP contribution is 2.12. The van der Waals surface area contributed by atoms with Crippen molar-refractivity contribution in [3.05, 3.63) is 35.7 Å². The van der Waals surface area contributed by atoms with E-state index >= 15 is 0 Å². The predicted molar refractivity (Wildman–Crippen MR) is 59.3 cm³/mol. The highest BCUT2D eigenvalue weighted by atomic mass is 15.1. The lowest BCUT2D eigenvalue weighted by Gasteiger charge is -2.06. The number of hydrogen-bond donors (Lipinski definition) is 3. The van der Waals surface area contributed by atoms with E-state index < -0.39 is 0 Å². The minimum Gasteiger partial charge on any atom is -0.384 e. The van der Waals surface area contributed by atoms with Crippen molar-refractivity contribution in [3.63, 3.8) is 0 Å². The first-order valence-electron chi connectivity index (χ1n) is 4.70. The standard InChI is InChI=1S/C10H13N5/c1-7-3-2-4-12-10(7)13-5-8-6-14-15-9(8)11/h2-4,6H,5H2,1H3,(H,12,13)(H3,11,14,15). The summed E-state index contributed by atoms with van der Waals surface area (Å²) in [4.78, 5) is 4.22. The molecule has 4 N–H and O–H groups in total. The molecule has 0 fully saturated rings. The molecule has 0 saturated heterocycles. The summed E-state index contributed by atoms with van der Waals surface area (Å²) in [6.07, 6.45) is 3.47. The van der Waals surface area contributed by atoms with Gasteiger partial charge in [-0.1, -0.05) is 6.07 Å². The number of H-pyrrole nitrogens is 1. The van der Waals surface area contributed by atoms with Crippen LogP contribution in [-0.2, 0) is 6.54 Å². The topological polar surface area (TPSA) is 79.6 Å². The summed E-state index contributed by atoms with van der Waals surface area (Å²) in [5, 5.41) is 9.74. The monoisotopic (exact) mass is 203 g/mol. The molecule has 0 aliphatic carbocycles. The lowest BCUT2D eigenvalue weighted by Crippen LogP contribution is -2.04. The first kappa shape index (κ1) is 9.51. The van der Waals surface area contributed by atoms with Crippen molar-refractivity contribution in [3.8, 4) is 0 Å². The number of pyridine rings is 1. The molecule has 15 heavy (non-hydrogen) atoms. The second-order valence-corrected chi connectivity index (χ2v) is 3.33. The van der Waals surface area contributed by atoms with Crippen molar-refractivity contribution in [2.24, 2.45) is 0 Å². The van der Waals surface area contributed by atoms with Crippen LogP contribution < -0.4 is 11.1 Å². The van der Waals surface area contributed by atoms with Gasteiger partial charge < -0.3 is 11.1 Å². The van der Waals surface area contributed by atoms with Crippen molar-refractivity contribution >= 4 is 11.6 Å². The number of rotatable bonds is 3. The fourth-order valence-electron chi connectivity index (χ4n) is 1.31. The molecule has 0 bridgehead atoms. The minimum absolute atomic E-state index is 0.594. The Bertz CT molecular complexity index is 449. The Morgan fingerprint density at radius 2 is 2.40 bits per heavy atom. The van der Waals surface area contributed by atoms with Gasteiger partial charge in [0.1, 0.15) is 11.6 Å². The lowest BCUT2D eigenvalue weighted by molar-refractivity contribution is 1.10. The van der Waals surface area contributed by atoms with Crippen molar-refractivity contribution < 1.29 is 0 Å². The van der Waals surface area contributed by atoms with Gasteiger partial charge in [-0.2, -0.15) is 5.10 Å². The normalized spacial score (nSPS) is 10.2. The second-order valence-electron chi connectivity index (χ2n) is 3.33. The number of aryl methyl sites for hydroxylation is 1. The minimum atomic E-state index is 0.594. The number of nitrogens with two attached hydrogens (primary N) is 1. The molecule has 0 radical (unpaired) electrons. The number of nitrogen functional groups attached to an aromatic ring is 1. The van der Waals surface area contributed by atoms with E-state index in [2.05, 4.69) is 20.5 Å². The highest BCUT2D eigenvalue weighted by Gasteiger charge is 2.02. The van der Waals surface area contributed by atoms with Gasteiger partial charge >= 0.3 is 0 Å². The van der Waals surface area contributed by atoms with E-state index in [-0.39, 0.29) is 0 Å². The number of nitrogens with zero attached hydrogens (tertiary/aromatic N) is 2. The van der Waals surface area contributed by atoms with Crippen molar-refractivity contribution in [2.75, 3.05) is 11.1 Å². The first-order chi connectivity index (χ1) is 7.27. The molecule has 0 atom stereocenters. The Morgan fingerprint density at radius 1 is 1.53 bits per heavy atom. The molecule has 0 spiro atoms. The maximum Gasteiger partial charge on any atom is 0.129 e. The van der Waals surface area contributed by atoms with Gasteiger partial charge in [-0.25, -0.2) is 4.98 Å². The van der Waals surface area contributed by atoms with Gasteiger partial charge in [0.15, 0.2) is 0 Å². The van der Waals surface area contributed by atoms with E-state index in [9.17, 15) is 0 Å².